The van der Waals surface area contributed by atoms with Gasteiger partial charge in [0.25, 0.3) is 5.91 Å². The largest absolute Gasteiger partial charge is 0.496 e. The Bertz CT molecular complexity index is 791. The highest BCUT2D eigenvalue weighted by Gasteiger charge is 2.14. The second-order valence-corrected chi connectivity index (χ2v) is 6.21. The third-order valence-corrected chi connectivity index (χ3v) is 3.88. The number of hydrogen-bond acceptors (Lipinski definition) is 4. The van der Waals surface area contributed by atoms with Crippen molar-refractivity contribution in [3.63, 3.8) is 0 Å². The van der Waals surface area contributed by atoms with Gasteiger partial charge in [0.2, 0.25) is 0 Å². The summed E-state index contributed by atoms with van der Waals surface area (Å²) in [6, 6.07) is 11.9. The Morgan fingerprint density at radius 1 is 1.12 bits per heavy atom. The van der Waals surface area contributed by atoms with Crippen molar-refractivity contribution < 1.29 is 14.3 Å². The summed E-state index contributed by atoms with van der Waals surface area (Å²) in [6.07, 6.45) is 0. The average Bonchev–Trinajstić information content (AvgIpc) is 2.55. The summed E-state index contributed by atoms with van der Waals surface area (Å²) in [5, 5.41) is 5.64. The Morgan fingerprint density at radius 2 is 1.79 bits per heavy atom. The topological polar surface area (TPSA) is 67.4 Å². The Labute approximate surface area is 153 Å². The number of ketones is 1. The molecule has 0 saturated heterocycles. The molecule has 1 amide bonds. The summed E-state index contributed by atoms with van der Waals surface area (Å²) >= 11 is 8.47. The average molecular weight is 407 g/mol. The number of benzene rings is 2. The summed E-state index contributed by atoms with van der Waals surface area (Å²) in [4.78, 5) is 23.6. The van der Waals surface area contributed by atoms with Crippen LogP contribution < -0.4 is 15.4 Å². The van der Waals surface area contributed by atoms with E-state index in [4.69, 9.17) is 17.0 Å². The molecule has 24 heavy (non-hydrogen) atoms. The molecule has 0 aromatic heterocycles. The minimum Gasteiger partial charge on any atom is -0.496 e. The maximum Gasteiger partial charge on any atom is 0.261 e. The maximum atomic E-state index is 12.3. The minimum atomic E-state index is -0.383. The van der Waals surface area contributed by atoms with Crippen LogP contribution in [0, 0.1) is 0 Å². The van der Waals surface area contributed by atoms with Crippen molar-refractivity contribution in [2.45, 2.75) is 6.92 Å². The highest BCUT2D eigenvalue weighted by Crippen LogP contribution is 2.22. The van der Waals surface area contributed by atoms with Crippen molar-refractivity contribution in [1.82, 2.24) is 5.32 Å². The molecule has 2 rings (SSSR count). The molecular weight excluding hydrogens is 392 g/mol. The number of methoxy groups -OCH3 is 1. The van der Waals surface area contributed by atoms with Crippen LogP contribution in [-0.2, 0) is 0 Å². The number of ether oxygens (including phenoxy) is 1. The summed E-state index contributed by atoms with van der Waals surface area (Å²) in [7, 11) is 1.49. The number of nitrogens with one attached hydrogen (secondary N) is 2. The van der Waals surface area contributed by atoms with Crippen LogP contribution in [0.3, 0.4) is 0 Å². The van der Waals surface area contributed by atoms with Crippen molar-refractivity contribution >= 4 is 50.6 Å². The van der Waals surface area contributed by atoms with E-state index in [1.807, 2.05) is 0 Å². The number of Topliss-reactive ketones (excluding diaryl/α,β-unsaturated/α-hetero) is 1. The molecule has 0 saturated carbocycles. The van der Waals surface area contributed by atoms with Crippen LogP contribution in [0.2, 0.25) is 0 Å². The molecule has 0 bridgehead atoms. The molecule has 2 aromatic carbocycles. The monoisotopic (exact) mass is 406 g/mol. The van der Waals surface area contributed by atoms with E-state index in [-0.39, 0.29) is 16.8 Å². The molecule has 2 aromatic rings. The highest BCUT2D eigenvalue weighted by molar-refractivity contribution is 9.10. The van der Waals surface area contributed by atoms with E-state index in [1.54, 1.807) is 42.5 Å². The fourth-order valence-electron chi connectivity index (χ4n) is 1.98. The van der Waals surface area contributed by atoms with Gasteiger partial charge < -0.3 is 10.1 Å². The normalized spacial score (nSPS) is 9.96. The van der Waals surface area contributed by atoms with Gasteiger partial charge in [0, 0.05) is 15.7 Å². The van der Waals surface area contributed by atoms with Crippen LogP contribution in [0.1, 0.15) is 27.6 Å². The number of carbonyl (C=O) groups is 2. The van der Waals surface area contributed by atoms with Crippen molar-refractivity contribution in [3.8, 4) is 5.75 Å². The molecule has 0 atom stereocenters. The summed E-state index contributed by atoms with van der Waals surface area (Å²) < 4.78 is 5.94. The number of anilines is 1. The Kier molecular flexibility index (Phi) is 6.05. The Balaban J connectivity index is 2.05. The lowest BCUT2D eigenvalue weighted by molar-refractivity contribution is 0.0973. The van der Waals surface area contributed by atoms with Crippen LogP contribution in [0.25, 0.3) is 0 Å². The zero-order valence-corrected chi connectivity index (χ0v) is 15.5. The first-order chi connectivity index (χ1) is 11.4. The van der Waals surface area contributed by atoms with Crippen LogP contribution in [-0.4, -0.2) is 23.9 Å². The number of amides is 1. The number of rotatable bonds is 4. The zero-order valence-electron chi connectivity index (χ0n) is 13.1. The summed E-state index contributed by atoms with van der Waals surface area (Å²) in [5.41, 5.74) is 1.64. The fourth-order valence-corrected chi connectivity index (χ4v) is 2.55. The van der Waals surface area contributed by atoms with Gasteiger partial charge >= 0.3 is 0 Å². The quantitative estimate of drug-likeness (QED) is 0.597. The third-order valence-electron chi connectivity index (χ3n) is 3.18. The molecule has 0 aliphatic rings. The van der Waals surface area contributed by atoms with Crippen molar-refractivity contribution in [2.75, 3.05) is 12.4 Å². The Morgan fingerprint density at radius 3 is 2.38 bits per heavy atom. The first-order valence-corrected chi connectivity index (χ1v) is 8.17. The number of thiocarbonyl (C=S) groups is 1. The van der Waals surface area contributed by atoms with Gasteiger partial charge in [0.1, 0.15) is 5.75 Å². The Hall–Kier alpha value is -2.25. The van der Waals surface area contributed by atoms with Crippen LogP contribution >= 0.6 is 28.1 Å². The van der Waals surface area contributed by atoms with Crippen LogP contribution in [0.4, 0.5) is 5.69 Å². The van der Waals surface area contributed by atoms with Gasteiger partial charge in [-0.15, -0.1) is 0 Å². The predicted octanol–water partition coefficient (Wildman–Crippen LogP) is 3.79. The molecule has 2 N–H and O–H groups in total. The van der Waals surface area contributed by atoms with Crippen LogP contribution in [0.15, 0.2) is 46.9 Å². The van der Waals surface area contributed by atoms with Gasteiger partial charge in [-0.25, -0.2) is 0 Å². The van der Waals surface area contributed by atoms with E-state index in [0.717, 1.165) is 4.47 Å². The summed E-state index contributed by atoms with van der Waals surface area (Å²) in [6.45, 7) is 1.50. The van der Waals surface area contributed by atoms with E-state index >= 15 is 0 Å². The molecule has 124 valence electrons. The molecule has 0 aliphatic carbocycles. The molecule has 0 fully saturated rings. The first-order valence-electron chi connectivity index (χ1n) is 6.97. The molecule has 7 heteroatoms. The molecule has 0 radical (unpaired) electrons. The highest BCUT2D eigenvalue weighted by atomic mass is 79.9. The first kappa shape index (κ1) is 18.1. The van der Waals surface area contributed by atoms with Gasteiger partial charge in [-0.3, -0.25) is 14.9 Å². The van der Waals surface area contributed by atoms with Gasteiger partial charge in [-0.1, -0.05) is 15.9 Å². The molecule has 0 spiro atoms. The molecule has 0 unspecified atom stereocenters. The van der Waals surface area contributed by atoms with Crippen LogP contribution in [0.5, 0.6) is 5.75 Å². The minimum absolute atomic E-state index is 0.0146. The van der Waals surface area contributed by atoms with E-state index in [0.29, 0.717) is 22.6 Å². The SMILES string of the molecule is COc1ccc(Br)cc1C(=O)NC(=S)Nc1ccc(C(C)=O)cc1. The van der Waals surface area contributed by atoms with Crippen molar-refractivity contribution in [2.24, 2.45) is 0 Å². The number of carbonyl (C=O) groups excluding carboxylic acids is 2. The number of hydrogen-bond donors (Lipinski definition) is 2. The van der Waals surface area contributed by atoms with Crippen molar-refractivity contribution in [1.29, 1.82) is 0 Å². The second-order valence-electron chi connectivity index (χ2n) is 4.89. The van der Waals surface area contributed by atoms with Gasteiger partial charge in [0.05, 0.1) is 12.7 Å². The lowest BCUT2D eigenvalue weighted by atomic mass is 10.1. The standard InChI is InChI=1S/C17H15BrN2O3S/c1-10(21)11-3-6-13(7-4-11)19-17(24)20-16(22)14-9-12(18)5-8-15(14)23-2/h3-9H,1-2H3,(H2,19,20,22,24). The second kappa shape index (κ2) is 8.03. The maximum absolute atomic E-state index is 12.3. The molecular formula is C17H15BrN2O3S. The molecule has 5 nitrogen and oxygen atoms in total. The van der Waals surface area contributed by atoms with E-state index in [2.05, 4.69) is 26.6 Å². The van der Waals surface area contributed by atoms with E-state index < -0.39 is 0 Å². The predicted molar refractivity (Wildman–Crippen MR) is 101 cm³/mol. The molecule has 0 heterocycles. The smallest absolute Gasteiger partial charge is 0.261 e. The lowest BCUT2D eigenvalue weighted by Crippen LogP contribution is -2.34. The van der Waals surface area contributed by atoms with Gasteiger partial charge in [-0.05, 0) is 61.6 Å². The zero-order chi connectivity index (χ0) is 17.7. The van der Waals surface area contributed by atoms with Crippen molar-refractivity contribution in [3.05, 3.63) is 58.1 Å². The van der Waals surface area contributed by atoms with E-state index in [1.165, 1.54) is 14.0 Å². The van der Waals surface area contributed by atoms with Gasteiger partial charge in [0.15, 0.2) is 10.9 Å². The fraction of sp³-hybridized carbons (Fsp3) is 0.118. The third kappa shape index (κ3) is 4.62. The lowest BCUT2D eigenvalue weighted by Gasteiger charge is -2.12. The summed E-state index contributed by atoms with van der Waals surface area (Å²) in [5.74, 6) is 0.0505. The van der Waals surface area contributed by atoms with E-state index in [9.17, 15) is 9.59 Å². The van der Waals surface area contributed by atoms with Gasteiger partial charge in [-0.2, -0.15) is 0 Å². The molecule has 0 aliphatic heterocycles. The number of halogens is 1.